The summed E-state index contributed by atoms with van der Waals surface area (Å²) in [5.41, 5.74) is 5.41. The molecule has 0 aromatic heterocycles. The number of aryl methyl sites for hydroxylation is 3. The Hall–Kier alpha value is -2.37. The van der Waals surface area contributed by atoms with Crippen molar-refractivity contribution in [3.05, 3.63) is 77.4 Å². The third kappa shape index (κ3) is 4.28. The predicted molar refractivity (Wildman–Crippen MR) is 132 cm³/mol. The molecule has 1 saturated heterocycles. The lowest BCUT2D eigenvalue weighted by molar-refractivity contribution is 0.272. The van der Waals surface area contributed by atoms with E-state index in [-0.39, 0.29) is 17.9 Å². The van der Waals surface area contributed by atoms with Crippen LogP contribution in [0, 0.1) is 32.6 Å². The van der Waals surface area contributed by atoms with Crippen LogP contribution in [-0.2, 0) is 10.0 Å². The smallest absolute Gasteiger partial charge is 0.244 e. The Morgan fingerprint density at radius 2 is 1.72 bits per heavy atom. The Bertz CT molecular complexity index is 1110. The summed E-state index contributed by atoms with van der Waals surface area (Å²) in [6.07, 6.45) is 0.863. The Balaban J connectivity index is 2.08. The van der Waals surface area contributed by atoms with E-state index in [2.05, 4.69) is 27.0 Å². The van der Waals surface area contributed by atoms with Gasteiger partial charge in [0.25, 0.3) is 0 Å². The van der Waals surface area contributed by atoms with Crippen molar-refractivity contribution in [2.45, 2.75) is 52.0 Å². The van der Waals surface area contributed by atoms with Crippen LogP contribution in [0.2, 0.25) is 0 Å². The summed E-state index contributed by atoms with van der Waals surface area (Å²) in [6.45, 7) is 19.0. The molecule has 1 aliphatic heterocycles. The number of nitrogens with zero attached hydrogens (tertiary/aromatic N) is 1. The van der Waals surface area contributed by atoms with E-state index < -0.39 is 10.0 Å². The maximum atomic E-state index is 14.0. The molecule has 1 heterocycles. The fourth-order valence-electron chi connectivity index (χ4n) is 5.04. The Kier molecular flexibility index (Phi) is 7.01. The van der Waals surface area contributed by atoms with Gasteiger partial charge in [-0.1, -0.05) is 68.8 Å². The van der Waals surface area contributed by atoms with Crippen LogP contribution in [0.4, 0.5) is 0 Å². The molecule has 3 rings (SSSR count). The first-order valence-electron chi connectivity index (χ1n) is 11.1. The molecule has 2 aromatic carbocycles. The summed E-state index contributed by atoms with van der Waals surface area (Å²) in [4.78, 5) is 0.417. The van der Waals surface area contributed by atoms with E-state index in [0.717, 1.165) is 45.6 Å². The number of benzene rings is 2. The van der Waals surface area contributed by atoms with Gasteiger partial charge < -0.3 is 4.74 Å². The van der Waals surface area contributed by atoms with Gasteiger partial charge >= 0.3 is 0 Å². The van der Waals surface area contributed by atoms with Crippen LogP contribution in [0.25, 0.3) is 5.57 Å². The van der Waals surface area contributed by atoms with Crippen LogP contribution in [0.1, 0.15) is 42.5 Å². The van der Waals surface area contributed by atoms with Crippen molar-refractivity contribution >= 4 is 15.6 Å². The van der Waals surface area contributed by atoms with Crippen molar-refractivity contribution in [3.63, 3.8) is 0 Å². The standard InChI is InChI=1S/C27H35NO3S/c1-9-18(3)26-25(22(7)23-10-12-24(31-8)13-11-23)21(6)16-28(26)32(29,30)27-19(4)14-17(2)15-20(27)5/h10-15,18,25-26H,6-7,9,16H2,1-5,8H3/t18-,25+,26-/m0/s1. The Morgan fingerprint density at radius 1 is 1.16 bits per heavy atom. The van der Waals surface area contributed by atoms with Crippen molar-refractivity contribution in [1.29, 1.82) is 0 Å². The van der Waals surface area contributed by atoms with Crippen molar-refractivity contribution in [2.24, 2.45) is 11.8 Å². The second-order valence-corrected chi connectivity index (χ2v) is 10.9. The van der Waals surface area contributed by atoms with Crippen molar-refractivity contribution in [2.75, 3.05) is 13.7 Å². The molecule has 0 saturated carbocycles. The zero-order chi connectivity index (χ0) is 23.8. The first-order chi connectivity index (χ1) is 15.0. The van der Waals surface area contributed by atoms with Gasteiger partial charge in [0, 0.05) is 18.5 Å². The molecule has 2 aromatic rings. The highest BCUT2D eigenvalue weighted by Gasteiger charge is 2.47. The van der Waals surface area contributed by atoms with Crippen molar-refractivity contribution in [3.8, 4) is 5.75 Å². The second kappa shape index (κ2) is 9.24. The van der Waals surface area contributed by atoms with Gasteiger partial charge in [0.2, 0.25) is 10.0 Å². The van der Waals surface area contributed by atoms with Crippen LogP contribution >= 0.6 is 0 Å². The molecular formula is C27H35NO3S. The molecule has 1 fully saturated rings. The van der Waals surface area contributed by atoms with E-state index in [1.807, 2.05) is 57.2 Å². The minimum atomic E-state index is -3.70. The molecule has 172 valence electrons. The second-order valence-electron chi connectivity index (χ2n) is 9.04. The molecule has 32 heavy (non-hydrogen) atoms. The number of ether oxygens (including phenoxy) is 1. The van der Waals surface area contributed by atoms with E-state index >= 15 is 0 Å². The summed E-state index contributed by atoms with van der Waals surface area (Å²) in [6, 6.07) is 11.4. The summed E-state index contributed by atoms with van der Waals surface area (Å²) in [5.74, 6) is 0.786. The Morgan fingerprint density at radius 3 is 2.22 bits per heavy atom. The molecule has 4 nitrogen and oxygen atoms in total. The molecule has 0 radical (unpaired) electrons. The zero-order valence-corrected chi connectivity index (χ0v) is 20.9. The van der Waals surface area contributed by atoms with Gasteiger partial charge in [-0.2, -0.15) is 4.31 Å². The topological polar surface area (TPSA) is 46.6 Å². The van der Waals surface area contributed by atoms with Crippen LogP contribution < -0.4 is 4.74 Å². The summed E-state index contributed by atoms with van der Waals surface area (Å²) < 4.78 is 34.9. The van der Waals surface area contributed by atoms with E-state index in [1.54, 1.807) is 11.4 Å². The molecule has 0 unspecified atom stereocenters. The van der Waals surface area contributed by atoms with Gasteiger partial charge in [0.15, 0.2) is 0 Å². The fraction of sp³-hybridized carbons (Fsp3) is 0.407. The van der Waals surface area contributed by atoms with Crippen LogP contribution in [0.15, 0.2) is 60.0 Å². The monoisotopic (exact) mass is 453 g/mol. The van der Waals surface area contributed by atoms with Gasteiger partial charge in [-0.05, 0) is 61.1 Å². The SMILES string of the molecule is C=C1CN(S(=O)(=O)c2c(C)cc(C)cc2C)[C@@H]([C@@H](C)CC)[C@H]1C(=C)c1ccc(OC)cc1. The van der Waals surface area contributed by atoms with Crippen LogP contribution in [0.5, 0.6) is 5.75 Å². The number of methoxy groups -OCH3 is 1. The van der Waals surface area contributed by atoms with E-state index in [9.17, 15) is 8.42 Å². The molecule has 1 aliphatic rings. The van der Waals surface area contributed by atoms with Gasteiger partial charge in [-0.25, -0.2) is 8.42 Å². The summed E-state index contributed by atoms with van der Waals surface area (Å²) >= 11 is 0. The zero-order valence-electron chi connectivity index (χ0n) is 20.1. The Labute approximate surface area is 193 Å². The van der Waals surface area contributed by atoms with E-state index in [4.69, 9.17) is 4.74 Å². The molecule has 5 heteroatoms. The minimum Gasteiger partial charge on any atom is -0.497 e. The molecule has 0 N–H and O–H groups in total. The van der Waals surface area contributed by atoms with Crippen molar-refractivity contribution in [1.82, 2.24) is 4.31 Å². The average molecular weight is 454 g/mol. The van der Waals surface area contributed by atoms with E-state index in [0.29, 0.717) is 11.4 Å². The first kappa shape index (κ1) is 24.3. The number of hydrogen-bond acceptors (Lipinski definition) is 3. The third-order valence-corrected chi connectivity index (χ3v) is 8.86. The lowest BCUT2D eigenvalue weighted by atomic mass is 9.80. The molecule has 0 aliphatic carbocycles. The number of sulfonamides is 1. The number of rotatable bonds is 7. The highest BCUT2D eigenvalue weighted by molar-refractivity contribution is 7.89. The molecule has 0 spiro atoms. The average Bonchev–Trinajstić information content (AvgIpc) is 3.09. The third-order valence-electron chi connectivity index (χ3n) is 6.71. The summed E-state index contributed by atoms with van der Waals surface area (Å²) in [7, 11) is -2.06. The molecular weight excluding hydrogens is 418 g/mol. The lowest BCUT2D eigenvalue weighted by Crippen LogP contribution is -2.42. The minimum absolute atomic E-state index is 0.140. The van der Waals surface area contributed by atoms with Gasteiger partial charge in [0.05, 0.1) is 12.0 Å². The van der Waals surface area contributed by atoms with E-state index in [1.165, 1.54) is 0 Å². The fourth-order valence-corrected chi connectivity index (χ4v) is 7.19. The van der Waals surface area contributed by atoms with Gasteiger partial charge in [0.1, 0.15) is 5.75 Å². The lowest BCUT2D eigenvalue weighted by Gasteiger charge is -2.33. The maximum Gasteiger partial charge on any atom is 0.244 e. The molecule has 0 bridgehead atoms. The van der Waals surface area contributed by atoms with Gasteiger partial charge in [-0.15, -0.1) is 0 Å². The van der Waals surface area contributed by atoms with Gasteiger partial charge in [-0.3, -0.25) is 0 Å². The molecule has 0 amide bonds. The maximum absolute atomic E-state index is 14.0. The largest absolute Gasteiger partial charge is 0.497 e. The predicted octanol–water partition coefficient (Wildman–Crippen LogP) is 5.93. The highest BCUT2D eigenvalue weighted by atomic mass is 32.2. The van der Waals surface area contributed by atoms with Crippen LogP contribution in [-0.4, -0.2) is 32.4 Å². The highest BCUT2D eigenvalue weighted by Crippen LogP contribution is 2.45. The quantitative estimate of drug-likeness (QED) is 0.489. The summed E-state index contributed by atoms with van der Waals surface area (Å²) in [5, 5.41) is 0. The van der Waals surface area contributed by atoms with Crippen LogP contribution in [0.3, 0.4) is 0 Å². The van der Waals surface area contributed by atoms with Crippen molar-refractivity contribution < 1.29 is 13.2 Å². The normalized spacial score (nSPS) is 20.4. The first-order valence-corrected chi connectivity index (χ1v) is 12.6. The molecule has 3 atom stereocenters. The number of hydrogen-bond donors (Lipinski definition) is 0.